The Bertz CT molecular complexity index is 452. The summed E-state index contributed by atoms with van der Waals surface area (Å²) in [4.78, 5) is 0. The van der Waals surface area contributed by atoms with Gasteiger partial charge in [-0.1, -0.05) is 73.8 Å². The Labute approximate surface area is 136 Å². The Kier molecular flexibility index (Phi) is 6.78. The number of rotatable bonds is 5. The molecule has 2 rings (SSSR count). The summed E-state index contributed by atoms with van der Waals surface area (Å²) >= 11 is 0. The number of hydrogen-bond acceptors (Lipinski definition) is 1. The first kappa shape index (κ1) is 17.3. The molecule has 0 saturated carbocycles. The first-order valence-corrected chi connectivity index (χ1v) is 9.89. The molecule has 0 spiro atoms. The predicted molar refractivity (Wildman–Crippen MR) is 92.1 cm³/mol. The Balaban J connectivity index is 0.00000200. The maximum absolute atomic E-state index is 4.43. The zero-order valence-electron chi connectivity index (χ0n) is 11.8. The van der Waals surface area contributed by atoms with Gasteiger partial charge in [0.1, 0.15) is 8.24 Å². The first-order valence-electron chi connectivity index (χ1n) is 6.74. The zero-order chi connectivity index (χ0) is 13.7. The minimum atomic E-state index is -1.57. The van der Waals surface area contributed by atoms with E-state index in [0.717, 1.165) is 13.1 Å². The molecule has 1 nitrogen and oxygen atoms in total. The van der Waals surface area contributed by atoms with Crippen molar-refractivity contribution in [2.24, 2.45) is 0 Å². The Morgan fingerprint density at radius 1 is 0.800 bits per heavy atom. The summed E-state index contributed by atoms with van der Waals surface area (Å²) in [5.74, 6) is 0. The average molecular weight is 276 g/mol. The van der Waals surface area contributed by atoms with Gasteiger partial charge in [0, 0.05) is 13.1 Å². The van der Waals surface area contributed by atoms with Crippen LogP contribution >= 0.6 is 0 Å². The number of nitrogens with zero attached hydrogens (tertiary/aromatic N) is 1. The molecule has 0 bridgehead atoms. The van der Waals surface area contributed by atoms with Gasteiger partial charge in [-0.15, -0.1) is 0 Å². The molecule has 0 aliphatic rings. The van der Waals surface area contributed by atoms with Gasteiger partial charge < -0.3 is 4.57 Å². The maximum atomic E-state index is 4.43. The van der Waals surface area contributed by atoms with E-state index in [4.69, 9.17) is 0 Å². The third-order valence-electron chi connectivity index (χ3n) is 3.29. The van der Waals surface area contributed by atoms with Gasteiger partial charge in [-0.3, -0.25) is 0 Å². The van der Waals surface area contributed by atoms with Crippen LogP contribution in [0.15, 0.2) is 60.7 Å². The molecule has 0 aromatic heterocycles. The van der Waals surface area contributed by atoms with Crippen LogP contribution in [0.4, 0.5) is 0 Å². The van der Waals surface area contributed by atoms with Crippen LogP contribution in [0, 0.1) is 6.55 Å². The summed E-state index contributed by atoms with van der Waals surface area (Å²) in [6.07, 6.45) is 0. The summed E-state index contributed by atoms with van der Waals surface area (Å²) in [5, 5.41) is 0. The Morgan fingerprint density at radius 2 is 1.15 bits per heavy atom. The normalized spacial score (nSPS) is 11.2. The molecule has 20 heavy (non-hydrogen) atoms. The molecule has 1 radical (unpaired) electrons. The van der Waals surface area contributed by atoms with E-state index in [9.17, 15) is 0 Å². The van der Waals surface area contributed by atoms with Crippen LogP contribution in [0.25, 0.3) is 0 Å². The van der Waals surface area contributed by atoms with Crippen LogP contribution in [-0.2, 0) is 13.1 Å². The van der Waals surface area contributed by atoms with Gasteiger partial charge in [-0.2, -0.15) is 0 Å². The molecule has 3 heteroatoms. The molecule has 2 aromatic rings. The predicted octanol–water partition coefficient (Wildman–Crippen LogP) is 3.62. The van der Waals surface area contributed by atoms with Crippen LogP contribution in [0.1, 0.15) is 11.1 Å². The molecule has 2 aromatic carbocycles. The summed E-state index contributed by atoms with van der Waals surface area (Å²) < 4.78 is 2.54. The van der Waals surface area contributed by atoms with E-state index in [2.05, 4.69) is 84.9 Å². The zero-order valence-corrected chi connectivity index (χ0v) is 12.8. The fraction of sp³-hybridized carbons (Fsp3) is 0.235. The molecular formula is C17H23LiNSi. The molecule has 0 unspecified atom stereocenters. The van der Waals surface area contributed by atoms with Crippen LogP contribution in [-0.4, -0.2) is 31.7 Å². The summed E-state index contributed by atoms with van der Waals surface area (Å²) in [6, 6.07) is 21.3. The van der Waals surface area contributed by atoms with Crippen molar-refractivity contribution >= 4 is 27.1 Å². The van der Waals surface area contributed by atoms with Crippen molar-refractivity contribution < 1.29 is 0 Å². The van der Waals surface area contributed by atoms with Gasteiger partial charge in [0.15, 0.2) is 0 Å². The molecule has 0 aliphatic heterocycles. The quantitative estimate of drug-likeness (QED) is 0.754. The van der Waals surface area contributed by atoms with Crippen LogP contribution in [0.3, 0.4) is 0 Å². The fourth-order valence-electron chi connectivity index (χ4n) is 2.09. The van der Waals surface area contributed by atoms with E-state index in [1.54, 1.807) is 0 Å². The molecule has 0 atom stereocenters. The molecule has 0 N–H and O–H groups in total. The number of hydrogen-bond donors (Lipinski definition) is 0. The molecule has 0 heterocycles. The standard InChI is InChI=1S/C17H22NSi.Li.H/c1-19(2,3)18(14-16-10-6-4-7-11-16)15-17-12-8-5-9-13-17;;/h4-13H,1,14-15H2,2-3H3;;. The molecule has 0 saturated heterocycles. The van der Waals surface area contributed by atoms with E-state index in [1.165, 1.54) is 11.1 Å². The fourth-order valence-corrected chi connectivity index (χ4v) is 3.31. The van der Waals surface area contributed by atoms with E-state index in [-0.39, 0.29) is 18.9 Å². The monoisotopic (exact) mass is 276 g/mol. The third-order valence-corrected chi connectivity index (χ3v) is 5.32. The minimum absolute atomic E-state index is 0. The van der Waals surface area contributed by atoms with Crippen molar-refractivity contribution in [3.8, 4) is 0 Å². The second-order valence-corrected chi connectivity index (χ2v) is 9.90. The topological polar surface area (TPSA) is 3.24 Å². The van der Waals surface area contributed by atoms with Gasteiger partial charge in [0.05, 0.1) is 0 Å². The van der Waals surface area contributed by atoms with E-state index in [0.29, 0.717) is 0 Å². The average Bonchev–Trinajstić information content (AvgIpc) is 2.39. The van der Waals surface area contributed by atoms with Crippen molar-refractivity contribution in [1.82, 2.24) is 4.57 Å². The van der Waals surface area contributed by atoms with Crippen LogP contribution in [0.5, 0.6) is 0 Å². The Hall–Kier alpha value is -0.786. The number of benzene rings is 2. The van der Waals surface area contributed by atoms with Crippen LogP contribution < -0.4 is 0 Å². The third kappa shape index (κ3) is 5.30. The van der Waals surface area contributed by atoms with Gasteiger partial charge in [-0.25, -0.2) is 0 Å². The first-order chi connectivity index (χ1) is 9.05. The van der Waals surface area contributed by atoms with E-state index >= 15 is 0 Å². The van der Waals surface area contributed by atoms with Crippen molar-refractivity contribution in [2.45, 2.75) is 26.2 Å². The van der Waals surface area contributed by atoms with Gasteiger partial charge in [-0.05, 0) is 17.7 Å². The van der Waals surface area contributed by atoms with Crippen LogP contribution in [0.2, 0.25) is 13.1 Å². The van der Waals surface area contributed by atoms with Crippen molar-refractivity contribution in [3.05, 3.63) is 78.3 Å². The van der Waals surface area contributed by atoms with Crippen molar-refractivity contribution in [1.29, 1.82) is 0 Å². The SMILES string of the molecule is [CH2][Si](C)(C)N(Cc1ccccc1)Cc1ccccc1.[LiH]. The molecule has 0 amide bonds. The van der Waals surface area contributed by atoms with Crippen molar-refractivity contribution in [2.75, 3.05) is 0 Å². The van der Waals surface area contributed by atoms with E-state index in [1.807, 2.05) is 0 Å². The van der Waals surface area contributed by atoms with Crippen molar-refractivity contribution in [3.63, 3.8) is 0 Å². The summed E-state index contributed by atoms with van der Waals surface area (Å²) in [5.41, 5.74) is 2.73. The van der Waals surface area contributed by atoms with E-state index < -0.39 is 8.24 Å². The second kappa shape index (κ2) is 7.85. The molecule has 101 valence electrons. The van der Waals surface area contributed by atoms with Gasteiger partial charge in [0.2, 0.25) is 0 Å². The second-order valence-electron chi connectivity index (χ2n) is 5.64. The molecular weight excluding hydrogens is 253 g/mol. The van der Waals surface area contributed by atoms with Gasteiger partial charge >= 0.3 is 18.9 Å². The Morgan fingerprint density at radius 3 is 1.45 bits per heavy atom. The summed E-state index contributed by atoms with van der Waals surface area (Å²) in [7, 11) is -1.57. The summed E-state index contributed by atoms with van der Waals surface area (Å²) in [6.45, 7) is 11.0. The molecule has 0 aliphatic carbocycles. The molecule has 0 fully saturated rings. The van der Waals surface area contributed by atoms with Gasteiger partial charge in [0.25, 0.3) is 0 Å².